The Morgan fingerprint density at radius 1 is 1.08 bits per heavy atom. The molecule has 25 heavy (non-hydrogen) atoms. The van der Waals surface area contributed by atoms with Gasteiger partial charge in [-0.05, 0) is 69.8 Å². The molecule has 1 aromatic rings. The molecule has 0 spiro atoms. The van der Waals surface area contributed by atoms with Gasteiger partial charge in [-0.3, -0.25) is 0 Å². The Labute approximate surface area is 153 Å². The Morgan fingerprint density at radius 3 is 2.56 bits per heavy atom. The minimum atomic E-state index is 0.653. The lowest BCUT2D eigenvalue weighted by Crippen LogP contribution is -2.40. The fourth-order valence-electron chi connectivity index (χ4n) is 4.05. The second-order valence-electron chi connectivity index (χ2n) is 7.07. The molecule has 0 aliphatic heterocycles. The highest BCUT2D eigenvalue weighted by atomic mass is 16.5. The van der Waals surface area contributed by atoms with E-state index in [4.69, 9.17) is 15.2 Å². The number of nitrogens with zero attached hydrogens (tertiary/aromatic N) is 1. The van der Waals surface area contributed by atoms with Crippen molar-refractivity contribution in [3.05, 3.63) is 23.3 Å². The molecule has 0 bridgehead atoms. The van der Waals surface area contributed by atoms with Crippen LogP contribution < -0.4 is 15.2 Å². The molecule has 2 N–H and O–H groups in total. The van der Waals surface area contributed by atoms with E-state index in [1.165, 1.54) is 56.3 Å². The molecule has 0 fully saturated rings. The number of rotatable bonds is 11. The van der Waals surface area contributed by atoms with Crippen molar-refractivity contribution >= 4 is 0 Å². The van der Waals surface area contributed by atoms with Gasteiger partial charge in [0.05, 0.1) is 14.2 Å². The Hall–Kier alpha value is -1.26. The van der Waals surface area contributed by atoms with Crippen molar-refractivity contribution in [2.24, 2.45) is 5.73 Å². The number of hydrogen-bond donors (Lipinski definition) is 1. The molecule has 4 nitrogen and oxygen atoms in total. The van der Waals surface area contributed by atoms with Gasteiger partial charge in [-0.25, -0.2) is 0 Å². The van der Waals surface area contributed by atoms with Gasteiger partial charge < -0.3 is 20.1 Å². The first-order valence-corrected chi connectivity index (χ1v) is 9.92. The number of ether oxygens (including phenoxy) is 2. The van der Waals surface area contributed by atoms with Crippen LogP contribution in [0.3, 0.4) is 0 Å². The van der Waals surface area contributed by atoms with Crippen LogP contribution in [0.2, 0.25) is 0 Å². The molecular formula is C21H36N2O2. The monoisotopic (exact) mass is 348 g/mol. The third-order valence-corrected chi connectivity index (χ3v) is 5.36. The topological polar surface area (TPSA) is 47.7 Å². The first-order valence-electron chi connectivity index (χ1n) is 9.92. The van der Waals surface area contributed by atoms with Gasteiger partial charge in [-0.15, -0.1) is 0 Å². The molecule has 0 amide bonds. The van der Waals surface area contributed by atoms with E-state index in [0.29, 0.717) is 6.04 Å². The molecule has 1 atom stereocenters. The quantitative estimate of drug-likeness (QED) is 0.618. The molecule has 1 aromatic carbocycles. The largest absolute Gasteiger partial charge is 0.493 e. The predicted octanol–water partition coefficient (Wildman–Crippen LogP) is 3.79. The highest BCUT2D eigenvalue weighted by molar-refractivity contribution is 5.52. The van der Waals surface area contributed by atoms with Gasteiger partial charge in [0.25, 0.3) is 0 Å². The zero-order valence-corrected chi connectivity index (χ0v) is 16.4. The van der Waals surface area contributed by atoms with Crippen LogP contribution in [0.25, 0.3) is 0 Å². The van der Waals surface area contributed by atoms with E-state index in [9.17, 15) is 0 Å². The molecule has 0 radical (unpaired) electrons. The zero-order valence-electron chi connectivity index (χ0n) is 16.4. The lowest BCUT2D eigenvalue weighted by Gasteiger charge is -2.36. The molecule has 1 unspecified atom stereocenters. The van der Waals surface area contributed by atoms with Gasteiger partial charge in [0.1, 0.15) is 0 Å². The molecule has 2 rings (SSSR count). The van der Waals surface area contributed by atoms with Crippen LogP contribution in [0.4, 0.5) is 0 Å². The third-order valence-electron chi connectivity index (χ3n) is 5.36. The van der Waals surface area contributed by atoms with Crippen molar-refractivity contribution < 1.29 is 9.47 Å². The Bertz CT molecular complexity index is 519. The van der Waals surface area contributed by atoms with E-state index in [-0.39, 0.29) is 0 Å². The van der Waals surface area contributed by atoms with Crippen LogP contribution in [0, 0.1) is 0 Å². The summed E-state index contributed by atoms with van der Waals surface area (Å²) in [5, 5.41) is 0. The van der Waals surface area contributed by atoms with Crippen molar-refractivity contribution in [2.75, 3.05) is 33.9 Å². The highest BCUT2D eigenvalue weighted by Crippen LogP contribution is 2.38. The van der Waals surface area contributed by atoms with Crippen molar-refractivity contribution in [1.29, 1.82) is 0 Å². The lowest BCUT2D eigenvalue weighted by molar-refractivity contribution is 0.175. The fraction of sp³-hybridized carbons (Fsp3) is 0.714. The van der Waals surface area contributed by atoms with Gasteiger partial charge in [-0.2, -0.15) is 0 Å². The summed E-state index contributed by atoms with van der Waals surface area (Å²) in [7, 11) is 3.46. The number of nitrogens with two attached hydrogens (primary N) is 1. The van der Waals surface area contributed by atoms with E-state index in [0.717, 1.165) is 37.3 Å². The maximum Gasteiger partial charge on any atom is 0.164 e. The molecule has 1 aliphatic rings. The maximum absolute atomic E-state index is 5.63. The molecule has 142 valence electrons. The molecule has 0 saturated heterocycles. The average molecular weight is 349 g/mol. The van der Waals surface area contributed by atoms with Gasteiger partial charge >= 0.3 is 0 Å². The Morgan fingerprint density at radius 2 is 1.88 bits per heavy atom. The molecule has 1 aliphatic carbocycles. The van der Waals surface area contributed by atoms with E-state index in [1.54, 1.807) is 14.2 Å². The summed E-state index contributed by atoms with van der Waals surface area (Å²) in [6.07, 6.45) is 9.64. The number of fused-ring (bicyclic) bond motifs is 1. The summed E-state index contributed by atoms with van der Waals surface area (Å²) in [6.45, 7) is 5.52. The number of hydrogen-bond acceptors (Lipinski definition) is 4. The molecule has 0 aromatic heterocycles. The van der Waals surface area contributed by atoms with Crippen molar-refractivity contribution in [2.45, 2.75) is 64.3 Å². The zero-order chi connectivity index (χ0) is 18.1. The number of unbranched alkanes of at least 4 members (excludes halogenated alkanes) is 3. The van der Waals surface area contributed by atoms with Gasteiger partial charge in [0, 0.05) is 11.6 Å². The lowest BCUT2D eigenvalue weighted by atomic mass is 9.86. The van der Waals surface area contributed by atoms with Crippen LogP contribution in [-0.4, -0.2) is 44.8 Å². The first kappa shape index (κ1) is 20.1. The minimum Gasteiger partial charge on any atom is -0.493 e. The van der Waals surface area contributed by atoms with E-state index < -0.39 is 0 Å². The number of methoxy groups -OCH3 is 2. The number of benzene rings is 1. The van der Waals surface area contributed by atoms with Crippen LogP contribution >= 0.6 is 0 Å². The van der Waals surface area contributed by atoms with Crippen molar-refractivity contribution in [1.82, 2.24) is 4.90 Å². The minimum absolute atomic E-state index is 0.653. The van der Waals surface area contributed by atoms with E-state index in [1.807, 2.05) is 0 Å². The van der Waals surface area contributed by atoms with Gasteiger partial charge in [0.2, 0.25) is 0 Å². The average Bonchev–Trinajstić information content (AvgIpc) is 2.65. The fourth-order valence-corrected chi connectivity index (χ4v) is 4.05. The second kappa shape index (κ2) is 10.7. The van der Waals surface area contributed by atoms with Crippen molar-refractivity contribution in [3.63, 3.8) is 0 Å². The molecular weight excluding hydrogens is 312 g/mol. The Kier molecular flexibility index (Phi) is 8.56. The van der Waals surface area contributed by atoms with Gasteiger partial charge in [-0.1, -0.05) is 25.8 Å². The molecule has 0 heterocycles. The maximum atomic E-state index is 5.63. The molecule has 4 heteroatoms. The standard InChI is InChI=1S/C21H36N2O2/c1-4-14-23(15-8-6-5-7-13-22)18-10-11-19-17(16-18)9-12-20(24-2)21(19)25-3/h9,12,18H,4-8,10-11,13-16,22H2,1-3H3. The van der Waals surface area contributed by atoms with Gasteiger partial charge in [0.15, 0.2) is 11.5 Å². The Balaban J connectivity index is 2.00. The summed E-state index contributed by atoms with van der Waals surface area (Å²) < 4.78 is 11.1. The summed E-state index contributed by atoms with van der Waals surface area (Å²) in [4.78, 5) is 2.71. The SMILES string of the molecule is CCCN(CCCCCCN)C1CCc2c(ccc(OC)c2OC)C1. The summed E-state index contributed by atoms with van der Waals surface area (Å²) in [5.74, 6) is 1.78. The predicted molar refractivity (Wildman–Crippen MR) is 105 cm³/mol. The molecule has 0 saturated carbocycles. The van der Waals surface area contributed by atoms with Crippen LogP contribution in [0.5, 0.6) is 11.5 Å². The smallest absolute Gasteiger partial charge is 0.164 e. The summed E-state index contributed by atoms with van der Waals surface area (Å²) >= 11 is 0. The van der Waals surface area contributed by atoms with E-state index >= 15 is 0 Å². The highest BCUT2D eigenvalue weighted by Gasteiger charge is 2.26. The normalized spacial score (nSPS) is 16.8. The van der Waals surface area contributed by atoms with Crippen LogP contribution in [-0.2, 0) is 12.8 Å². The first-order chi connectivity index (χ1) is 12.2. The third kappa shape index (κ3) is 5.35. The second-order valence-corrected chi connectivity index (χ2v) is 7.07. The van der Waals surface area contributed by atoms with Crippen LogP contribution in [0.15, 0.2) is 12.1 Å². The summed E-state index contributed by atoms with van der Waals surface area (Å²) in [5.41, 5.74) is 8.37. The summed E-state index contributed by atoms with van der Waals surface area (Å²) in [6, 6.07) is 4.94. The van der Waals surface area contributed by atoms with Crippen LogP contribution in [0.1, 0.15) is 56.6 Å². The van der Waals surface area contributed by atoms with E-state index in [2.05, 4.69) is 24.0 Å². The van der Waals surface area contributed by atoms with Crippen molar-refractivity contribution in [3.8, 4) is 11.5 Å².